The van der Waals surface area contributed by atoms with Crippen molar-refractivity contribution in [3.63, 3.8) is 0 Å². The van der Waals surface area contributed by atoms with Crippen LogP contribution in [0.25, 0.3) is 0 Å². The first-order valence-electron chi connectivity index (χ1n) is 5.37. The van der Waals surface area contributed by atoms with Crippen molar-refractivity contribution < 1.29 is 22.7 Å². The summed E-state index contributed by atoms with van der Waals surface area (Å²) in [6, 6.07) is 5.00. The highest BCUT2D eigenvalue weighted by atomic mass is 79.9. The lowest BCUT2D eigenvalue weighted by Gasteiger charge is -2.10. The fraction of sp³-hybridized carbons (Fsp3) is 0.154. The molecule has 0 saturated heterocycles. The minimum atomic E-state index is -4.52. The number of hydrogen-bond donors (Lipinski definition) is 0. The highest BCUT2D eigenvalue weighted by molar-refractivity contribution is 9.10. The molecule has 0 unspecified atom stereocenters. The lowest BCUT2D eigenvalue weighted by molar-refractivity contribution is -0.138. The van der Waals surface area contributed by atoms with Crippen molar-refractivity contribution in [2.75, 3.05) is 7.11 Å². The average Bonchev–Trinajstić information content (AvgIpc) is 2.85. The van der Waals surface area contributed by atoms with Crippen molar-refractivity contribution in [2.24, 2.45) is 0 Å². The quantitative estimate of drug-likeness (QED) is 0.733. The number of methoxy groups -OCH3 is 1. The van der Waals surface area contributed by atoms with Crippen LogP contribution in [0.15, 0.2) is 34.1 Å². The molecule has 1 aromatic carbocycles. The highest BCUT2D eigenvalue weighted by Gasteiger charge is 2.33. The lowest BCUT2D eigenvalue weighted by atomic mass is 10.1. The second-order valence-corrected chi connectivity index (χ2v) is 5.61. The molecular weight excluding hydrogens is 357 g/mol. The topological polar surface area (TPSA) is 26.3 Å². The SMILES string of the molecule is COc1ccsc1C(=O)c1ccc(Br)c(C(F)(F)F)c1. The Morgan fingerprint density at radius 1 is 1.30 bits per heavy atom. The molecule has 20 heavy (non-hydrogen) atoms. The number of rotatable bonds is 3. The van der Waals surface area contributed by atoms with Crippen molar-refractivity contribution in [3.8, 4) is 5.75 Å². The van der Waals surface area contributed by atoms with Crippen LogP contribution in [0.5, 0.6) is 5.75 Å². The molecule has 0 fully saturated rings. The zero-order chi connectivity index (χ0) is 14.9. The van der Waals surface area contributed by atoms with Gasteiger partial charge in [-0.05, 0) is 29.6 Å². The molecule has 0 aliphatic rings. The molecule has 1 heterocycles. The van der Waals surface area contributed by atoms with Gasteiger partial charge in [0.15, 0.2) is 0 Å². The molecule has 0 N–H and O–H groups in total. The first-order chi connectivity index (χ1) is 9.34. The Labute approximate surface area is 125 Å². The normalized spacial score (nSPS) is 11.4. The maximum Gasteiger partial charge on any atom is 0.417 e. The van der Waals surface area contributed by atoms with Gasteiger partial charge in [0, 0.05) is 10.0 Å². The van der Waals surface area contributed by atoms with E-state index in [1.165, 1.54) is 19.2 Å². The van der Waals surface area contributed by atoms with E-state index in [9.17, 15) is 18.0 Å². The molecule has 0 amide bonds. The predicted octanol–water partition coefficient (Wildman–Crippen LogP) is 4.77. The smallest absolute Gasteiger partial charge is 0.417 e. The third kappa shape index (κ3) is 2.88. The molecule has 0 spiro atoms. The second kappa shape index (κ2) is 5.57. The molecule has 2 nitrogen and oxygen atoms in total. The largest absolute Gasteiger partial charge is 0.495 e. The van der Waals surface area contributed by atoms with Gasteiger partial charge in [0.25, 0.3) is 0 Å². The summed E-state index contributed by atoms with van der Waals surface area (Å²) < 4.78 is 43.4. The molecule has 0 aliphatic carbocycles. The van der Waals surface area contributed by atoms with Gasteiger partial charge >= 0.3 is 6.18 Å². The van der Waals surface area contributed by atoms with Crippen molar-refractivity contribution >= 4 is 33.0 Å². The zero-order valence-corrected chi connectivity index (χ0v) is 12.5. The molecule has 106 valence electrons. The van der Waals surface area contributed by atoms with Gasteiger partial charge in [-0.3, -0.25) is 4.79 Å². The Morgan fingerprint density at radius 3 is 2.60 bits per heavy atom. The molecule has 2 aromatic rings. The van der Waals surface area contributed by atoms with Gasteiger partial charge in [-0.1, -0.05) is 15.9 Å². The first-order valence-corrected chi connectivity index (χ1v) is 7.04. The highest BCUT2D eigenvalue weighted by Crippen LogP contribution is 2.36. The number of thiophene rings is 1. The Morgan fingerprint density at radius 2 is 2.00 bits per heavy atom. The van der Waals surface area contributed by atoms with Crippen molar-refractivity contribution in [1.29, 1.82) is 0 Å². The Hall–Kier alpha value is -1.34. The standard InChI is InChI=1S/C13H8BrF3O2S/c1-19-10-4-5-20-12(10)11(18)7-2-3-9(14)8(6-7)13(15,16)17/h2-6H,1H3. The second-order valence-electron chi connectivity index (χ2n) is 3.84. The summed E-state index contributed by atoms with van der Waals surface area (Å²) in [5.41, 5.74) is -0.903. The van der Waals surface area contributed by atoms with Crippen LogP contribution in [-0.4, -0.2) is 12.9 Å². The number of carbonyl (C=O) groups is 1. The molecule has 0 radical (unpaired) electrons. The number of ketones is 1. The number of carbonyl (C=O) groups excluding carboxylic acids is 1. The van der Waals surface area contributed by atoms with Crippen LogP contribution in [-0.2, 0) is 6.18 Å². The molecule has 0 aliphatic heterocycles. The Bertz CT molecular complexity index is 649. The molecular formula is C13H8BrF3O2S. The summed E-state index contributed by atoms with van der Waals surface area (Å²) in [4.78, 5) is 12.5. The van der Waals surface area contributed by atoms with Gasteiger partial charge in [-0.15, -0.1) is 11.3 Å². The first kappa shape index (κ1) is 15.1. The van der Waals surface area contributed by atoms with Gasteiger partial charge in [-0.25, -0.2) is 0 Å². The minimum absolute atomic E-state index is 0.0266. The molecule has 0 bridgehead atoms. The summed E-state index contributed by atoms with van der Waals surface area (Å²) in [6.07, 6.45) is -4.52. The number of ether oxygens (including phenoxy) is 1. The van der Waals surface area contributed by atoms with E-state index < -0.39 is 17.5 Å². The van der Waals surface area contributed by atoms with E-state index in [0.29, 0.717) is 5.75 Å². The van der Waals surface area contributed by atoms with Crippen molar-refractivity contribution in [1.82, 2.24) is 0 Å². The van der Waals surface area contributed by atoms with Gasteiger partial charge < -0.3 is 4.74 Å². The van der Waals surface area contributed by atoms with Crippen LogP contribution in [0.2, 0.25) is 0 Å². The van der Waals surface area contributed by atoms with Crippen molar-refractivity contribution in [3.05, 3.63) is 50.1 Å². The van der Waals surface area contributed by atoms with Crippen LogP contribution in [0.3, 0.4) is 0 Å². The molecule has 0 atom stereocenters. The maximum absolute atomic E-state index is 12.8. The monoisotopic (exact) mass is 364 g/mol. The van der Waals surface area contributed by atoms with Crippen LogP contribution in [0, 0.1) is 0 Å². The van der Waals surface area contributed by atoms with E-state index in [4.69, 9.17) is 4.74 Å². The van der Waals surface area contributed by atoms with Gasteiger partial charge in [0.1, 0.15) is 10.6 Å². The summed E-state index contributed by atoms with van der Waals surface area (Å²) in [5.74, 6) is -0.133. The summed E-state index contributed by atoms with van der Waals surface area (Å²) in [5, 5.41) is 1.65. The molecule has 2 rings (SSSR count). The van der Waals surface area contributed by atoms with Crippen LogP contribution < -0.4 is 4.74 Å². The molecule has 7 heteroatoms. The van der Waals surface area contributed by atoms with E-state index >= 15 is 0 Å². The van der Waals surface area contributed by atoms with Crippen molar-refractivity contribution in [2.45, 2.75) is 6.18 Å². The molecule has 0 saturated carbocycles. The third-order valence-electron chi connectivity index (χ3n) is 2.59. The lowest BCUT2D eigenvalue weighted by Crippen LogP contribution is -2.09. The number of hydrogen-bond acceptors (Lipinski definition) is 3. The Kier molecular flexibility index (Phi) is 4.19. The number of alkyl halides is 3. The number of benzene rings is 1. The van der Waals surface area contributed by atoms with Gasteiger partial charge in [0.2, 0.25) is 5.78 Å². The van der Waals surface area contributed by atoms with Gasteiger partial charge in [-0.2, -0.15) is 13.2 Å². The zero-order valence-electron chi connectivity index (χ0n) is 10.1. The van der Waals surface area contributed by atoms with Crippen LogP contribution >= 0.6 is 27.3 Å². The summed E-state index contributed by atoms with van der Waals surface area (Å²) in [6.45, 7) is 0. The third-order valence-corrected chi connectivity index (χ3v) is 4.18. The van der Waals surface area contributed by atoms with E-state index in [-0.39, 0.29) is 14.9 Å². The van der Waals surface area contributed by atoms with E-state index in [1.54, 1.807) is 11.4 Å². The Balaban J connectivity index is 2.46. The minimum Gasteiger partial charge on any atom is -0.495 e. The fourth-order valence-corrected chi connectivity index (χ4v) is 2.93. The number of halogens is 4. The van der Waals surface area contributed by atoms with E-state index in [0.717, 1.165) is 17.4 Å². The summed E-state index contributed by atoms with van der Waals surface area (Å²) >= 11 is 3.97. The van der Waals surface area contributed by atoms with Crippen LogP contribution in [0.4, 0.5) is 13.2 Å². The molecule has 1 aromatic heterocycles. The van der Waals surface area contributed by atoms with E-state index in [2.05, 4.69) is 15.9 Å². The summed E-state index contributed by atoms with van der Waals surface area (Å²) in [7, 11) is 1.40. The fourth-order valence-electron chi connectivity index (χ4n) is 1.64. The van der Waals surface area contributed by atoms with E-state index in [1.807, 2.05) is 0 Å². The maximum atomic E-state index is 12.8. The van der Waals surface area contributed by atoms with Crippen LogP contribution in [0.1, 0.15) is 20.8 Å². The predicted molar refractivity (Wildman–Crippen MR) is 73.4 cm³/mol. The van der Waals surface area contributed by atoms with Gasteiger partial charge in [0.05, 0.1) is 12.7 Å². The average molecular weight is 365 g/mol.